The monoisotopic (exact) mass is 388 g/mol. The molecule has 0 aliphatic carbocycles. The molecule has 3 aromatic carbocycles. The summed E-state index contributed by atoms with van der Waals surface area (Å²) < 4.78 is 29.6. The van der Waals surface area contributed by atoms with E-state index in [1.165, 1.54) is 6.07 Å². The third-order valence-electron chi connectivity index (χ3n) is 5.52. The van der Waals surface area contributed by atoms with Gasteiger partial charge in [0.25, 0.3) is 0 Å². The van der Waals surface area contributed by atoms with Crippen molar-refractivity contribution in [1.29, 1.82) is 0 Å². The van der Waals surface area contributed by atoms with Gasteiger partial charge in [0.05, 0.1) is 11.2 Å². The summed E-state index contributed by atoms with van der Waals surface area (Å²) in [6.07, 6.45) is 2.21. The summed E-state index contributed by atoms with van der Waals surface area (Å²) in [6, 6.07) is 19.8. The molecule has 0 spiro atoms. The lowest BCUT2D eigenvalue weighted by Crippen LogP contribution is -2.14. The van der Waals surface area contributed by atoms with E-state index in [9.17, 15) is 13.6 Å². The first-order valence-corrected chi connectivity index (χ1v) is 9.50. The van der Waals surface area contributed by atoms with Crippen LogP contribution in [-0.2, 0) is 11.3 Å². The molecule has 0 radical (unpaired) electrons. The van der Waals surface area contributed by atoms with E-state index in [-0.39, 0.29) is 18.2 Å². The first kappa shape index (κ1) is 17.6. The third-order valence-corrected chi connectivity index (χ3v) is 5.52. The Hall–Kier alpha value is -3.47. The lowest BCUT2D eigenvalue weighted by atomic mass is 9.88. The van der Waals surface area contributed by atoms with Crippen LogP contribution in [0.5, 0.6) is 0 Å². The number of halogens is 2. The summed E-state index contributed by atoms with van der Waals surface area (Å²) in [5.41, 5.74) is 4.44. The number of nitrogens with one attached hydrogen (secondary N) is 1. The quantitative estimate of drug-likeness (QED) is 0.498. The largest absolute Gasteiger partial charge is 0.343 e. The average molecular weight is 388 g/mol. The average Bonchev–Trinajstić information content (AvgIpc) is 3.01. The topological polar surface area (TPSA) is 34.0 Å². The predicted octanol–water partition coefficient (Wildman–Crippen LogP) is 5.44. The van der Waals surface area contributed by atoms with Crippen molar-refractivity contribution in [2.45, 2.75) is 18.9 Å². The van der Waals surface area contributed by atoms with Crippen molar-refractivity contribution >= 4 is 22.5 Å². The number of hydrogen-bond acceptors (Lipinski definition) is 1. The van der Waals surface area contributed by atoms with Crippen molar-refractivity contribution in [1.82, 2.24) is 4.57 Å². The molecule has 4 aromatic rings. The standard InChI is InChI=1S/C24H18F2N2O/c25-19-10-9-16(11-20(19)26)17-12-23(29)27-21-7-4-8-22-24(21)18(17)14-28(22)13-15-5-2-1-3-6-15/h1-11,14,17H,12-13H2,(H,27,29). The van der Waals surface area contributed by atoms with Gasteiger partial charge in [0.2, 0.25) is 5.91 Å². The van der Waals surface area contributed by atoms with Crippen molar-refractivity contribution in [3.8, 4) is 0 Å². The summed E-state index contributed by atoms with van der Waals surface area (Å²) in [4.78, 5) is 12.5. The van der Waals surface area contributed by atoms with Gasteiger partial charge in [-0.15, -0.1) is 0 Å². The van der Waals surface area contributed by atoms with E-state index in [0.29, 0.717) is 12.1 Å². The zero-order chi connectivity index (χ0) is 20.0. The van der Waals surface area contributed by atoms with Gasteiger partial charge in [-0.05, 0) is 41.0 Å². The highest BCUT2D eigenvalue weighted by Gasteiger charge is 2.28. The molecule has 0 bridgehead atoms. The minimum absolute atomic E-state index is 0.141. The lowest BCUT2D eigenvalue weighted by molar-refractivity contribution is -0.116. The van der Waals surface area contributed by atoms with E-state index in [1.54, 1.807) is 6.07 Å². The molecule has 3 nitrogen and oxygen atoms in total. The van der Waals surface area contributed by atoms with Crippen LogP contribution >= 0.6 is 0 Å². The predicted molar refractivity (Wildman–Crippen MR) is 109 cm³/mol. The highest BCUT2D eigenvalue weighted by atomic mass is 19.2. The molecule has 5 rings (SSSR count). The Bertz CT molecular complexity index is 1230. The van der Waals surface area contributed by atoms with Crippen LogP contribution in [0.2, 0.25) is 0 Å². The summed E-state index contributed by atoms with van der Waals surface area (Å²) in [5, 5.41) is 3.92. The first-order chi connectivity index (χ1) is 14.1. The van der Waals surface area contributed by atoms with Crippen LogP contribution in [0, 0.1) is 11.6 Å². The van der Waals surface area contributed by atoms with Gasteiger partial charge < -0.3 is 9.88 Å². The van der Waals surface area contributed by atoms with Crippen LogP contribution in [0.15, 0.2) is 72.9 Å². The highest BCUT2D eigenvalue weighted by Crippen LogP contribution is 2.41. The number of nitrogens with zero attached hydrogens (tertiary/aromatic N) is 1. The Kier molecular flexibility index (Phi) is 4.16. The summed E-state index contributed by atoms with van der Waals surface area (Å²) in [5.74, 6) is -2.29. The number of rotatable bonds is 3. The second kappa shape index (κ2) is 6.85. The van der Waals surface area contributed by atoms with Gasteiger partial charge in [-0.1, -0.05) is 42.5 Å². The number of aromatic nitrogens is 1. The molecular weight excluding hydrogens is 370 g/mol. The van der Waals surface area contributed by atoms with Crippen molar-refractivity contribution in [3.63, 3.8) is 0 Å². The summed E-state index contributed by atoms with van der Waals surface area (Å²) in [7, 11) is 0. The molecule has 1 aliphatic heterocycles. The molecule has 29 heavy (non-hydrogen) atoms. The van der Waals surface area contributed by atoms with Crippen LogP contribution in [-0.4, -0.2) is 10.5 Å². The smallest absolute Gasteiger partial charge is 0.225 e. The molecule has 1 aliphatic rings. The molecule has 2 heterocycles. The van der Waals surface area contributed by atoms with Crippen LogP contribution in [0.4, 0.5) is 14.5 Å². The highest BCUT2D eigenvalue weighted by molar-refractivity contribution is 6.06. The van der Waals surface area contributed by atoms with Crippen molar-refractivity contribution in [3.05, 3.63) is 101 Å². The van der Waals surface area contributed by atoms with Crippen LogP contribution in [0.25, 0.3) is 10.9 Å². The second-order valence-electron chi connectivity index (χ2n) is 7.38. The number of carbonyl (C=O) groups is 1. The van der Waals surface area contributed by atoms with Gasteiger partial charge >= 0.3 is 0 Å². The van der Waals surface area contributed by atoms with Gasteiger partial charge in [-0.2, -0.15) is 0 Å². The number of anilines is 1. The Labute approximate surface area is 166 Å². The third kappa shape index (κ3) is 3.09. The van der Waals surface area contributed by atoms with Gasteiger partial charge in [0.1, 0.15) is 0 Å². The van der Waals surface area contributed by atoms with Crippen molar-refractivity contribution < 1.29 is 13.6 Å². The van der Waals surface area contributed by atoms with Crippen molar-refractivity contribution in [2.75, 3.05) is 5.32 Å². The maximum atomic E-state index is 13.9. The Morgan fingerprint density at radius 2 is 1.79 bits per heavy atom. The van der Waals surface area contributed by atoms with Gasteiger partial charge in [0.15, 0.2) is 11.6 Å². The fourth-order valence-corrected chi connectivity index (χ4v) is 4.19. The molecule has 1 atom stereocenters. The lowest BCUT2D eigenvalue weighted by Gasteiger charge is -2.14. The second-order valence-corrected chi connectivity index (χ2v) is 7.38. The molecule has 0 saturated carbocycles. The summed E-state index contributed by atoms with van der Waals surface area (Å²) >= 11 is 0. The molecular formula is C24H18F2N2O. The fourth-order valence-electron chi connectivity index (χ4n) is 4.19. The molecule has 1 N–H and O–H groups in total. The van der Waals surface area contributed by atoms with E-state index in [0.717, 1.165) is 33.8 Å². The number of benzene rings is 3. The van der Waals surface area contributed by atoms with Crippen molar-refractivity contribution in [2.24, 2.45) is 0 Å². The zero-order valence-electron chi connectivity index (χ0n) is 15.5. The first-order valence-electron chi connectivity index (χ1n) is 9.50. The van der Waals surface area contributed by atoms with Crippen LogP contribution in [0.3, 0.4) is 0 Å². The SMILES string of the molecule is O=C1CC(c2ccc(F)c(F)c2)c2cn(Cc3ccccc3)c3cccc(c23)N1. The molecule has 5 heteroatoms. The summed E-state index contributed by atoms with van der Waals surface area (Å²) in [6.45, 7) is 0.680. The van der Waals surface area contributed by atoms with E-state index < -0.39 is 11.6 Å². The van der Waals surface area contributed by atoms with Crippen LogP contribution in [0.1, 0.15) is 29.0 Å². The van der Waals surface area contributed by atoms with E-state index in [1.807, 2.05) is 42.6 Å². The Morgan fingerprint density at radius 1 is 0.966 bits per heavy atom. The molecule has 0 saturated heterocycles. The van der Waals surface area contributed by atoms with E-state index in [4.69, 9.17) is 0 Å². The normalized spacial score (nSPS) is 15.9. The maximum absolute atomic E-state index is 13.9. The molecule has 0 fully saturated rings. The number of carbonyl (C=O) groups excluding carboxylic acids is 1. The van der Waals surface area contributed by atoms with Gasteiger partial charge in [0, 0.05) is 30.5 Å². The maximum Gasteiger partial charge on any atom is 0.225 e. The van der Waals surface area contributed by atoms with Gasteiger partial charge in [-0.25, -0.2) is 8.78 Å². The number of amides is 1. The zero-order valence-corrected chi connectivity index (χ0v) is 15.5. The fraction of sp³-hybridized carbons (Fsp3) is 0.125. The number of hydrogen-bond donors (Lipinski definition) is 1. The minimum atomic E-state index is -0.902. The van der Waals surface area contributed by atoms with E-state index >= 15 is 0 Å². The molecule has 144 valence electrons. The Morgan fingerprint density at radius 3 is 2.59 bits per heavy atom. The van der Waals surface area contributed by atoms with E-state index in [2.05, 4.69) is 22.0 Å². The minimum Gasteiger partial charge on any atom is -0.343 e. The molecule has 1 aromatic heterocycles. The molecule has 1 amide bonds. The molecule has 1 unspecified atom stereocenters. The Balaban J connectivity index is 1.70. The van der Waals surface area contributed by atoms with Crippen LogP contribution < -0.4 is 5.32 Å². The van der Waals surface area contributed by atoms with Gasteiger partial charge in [-0.3, -0.25) is 4.79 Å².